The number of aliphatic hydroxyl groups excluding tert-OH is 1. The van der Waals surface area contributed by atoms with Gasteiger partial charge in [0.1, 0.15) is 23.4 Å². The zero-order valence-electron chi connectivity index (χ0n) is 22.0. The Morgan fingerprint density at radius 2 is 1.56 bits per heavy atom. The summed E-state index contributed by atoms with van der Waals surface area (Å²) < 4.78 is 5.24. The Bertz CT molecular complexity index is 1090. The lowest BCUT2D eigenvalue weighted by atomic mass is 9.99. The molecular formula is C27H37N3O6. The first-order chi connectivity index (χ1) is 16.8. The number of nitrogens with one attached hydrogen (secondary N) is 2. The predicted octanol–water partition coefficient (Wildman–Crippen LogP) is 3.73. The number of phenols is 1. The summed E-state index contributed by atoms with van der Waals surface area (Å²) >= 11 is 0. The monoisotopic (exact) mass is 499 g/mol. The topological polar surface area (TPSA) is 128 Å². The number of rotatable bonds is 8. The highest BCUT2D eigenvalue weighted by molar-refractivity contribution is 6.00. The van der Waals surface area contributed by atoms with Crippen molar-refractivity contribution in [1.82, 2.24) is 10.2 Å². The van der Waals surface area contributed by atoms with Gasteiger partial charge < -0.3 is 30.5 Å². The highest BCUT2D eigenvalue weighted by atomic mass is 16.6. The quantitative estimate of drug-likeness (QED) is 0.438. The zero-order valence-corrected chi connectivity index (χ0v) is 22.0. The molecule has 3 amide bonds. The number of benzene rings is 2. The average molecular weight is 500 g/mol. The van der Waals surface area contributed by atoms with Crippen LogP contribution in [0.1, 0.15) is 56.0 Å². The summed E-state index contributed by atoms with van der Waals surface area (Å²) in [5, 5.41) is 26.0. The lowest BCUT2D eigenvalue weighted by Gasteiger charge is -2.34. The fraction of sp³-hybridized carbons (Fsp3) is 0.444. The summed E-state index contributed by atoms with van der Waals surface area (Å²) in [6, 6.07) is 8.13. The summed E-state index contributed by atoms with van der Waals surface area (Å²) in [5.74, 6) is -1.33. The van der Waals surface area contributed by atoms with E-state index in [4.69, 9.17) is 4.74 Å². The molecule has 0 aromatic heterocycles. The fourth-order valence-electron chi connectivity index (χ4n) is 3.83. The Labute approximate surface area is 212 Å². The standard InChI is InChI=1S/C27H37N3O6/c1-16-10-8-11-17(2)21(16)29-24(33)22(20-13-9-12-18(3)23(20)32)30(14-15-31)25(34)19(4)28-26(35)36-27(5,6)7/h8-13,19,22,31-32H,14-15H2,1-7H3,(H,28,35)(H,29,33). The molecule has 0 bridgehead atoms. The van der Waals surface area contributed by atoms with E-state index in [1.54, 1.807) is 45.9 Å². The lowest BCUT2D eigenvalue weighted by Crippen LogP contribution is -2.52. The molecule has 0 aliphatic carbocycles. The number of carbonyl (C=O) groups is 3. The molecule has 0 fully saturated rings. The number of para-hydroxylation sites is 2. The average Bonchev–Trinajstić information content (AvgIpc) is 2.77. The van der Waals surface area contributed by atoms with Crippen LogP contribution < -0.4 is 10.6 Å². The number of aryl methyl sites for hydroxylation is 3. The first-order valence-electron chi connectivity index (χ1n) is 11.8. The zero-order chi connectivity index (χ0) is 27.2. The maximum atomic E-state index is 13.7. The lowest BCUT2D eigenvalue weighted by molar-refractivity contribution is -0.141. The predicted molar refractivity (Wildman–Crippen MR) is 138 cm³/mol. The van der Waals surface area contributed by atoms with E-state index in [-0.39, 0.29) is 17.9 Å². The summed E-state index contributed by atoms with van der Waals surface area (Å²) in [5.41, 5.74) is 2.21. The van der Waals surface area contributed by atoms with Gasteiger partial charge in [0.25, 0.3) is 5.91 Å². The molecule has 0 spiro atoms. The van der Waals surface area contributed by atoms with Crippen LogP contribution >= 0.6 is 0 Å². The van der Waals surface area contributed by atoms with Crippen LogP contribution in [0.2, 0.25) is 0 Å². The molecule has 0 saturated heterocycles. The van der Waals surface area contributed by atoms with Gasteiger partial charge in [0.15, 0.2) is 0 Å². The number of anilines is 1. The van der Waals surface area contributed by atoms with Gasteiger partial charge in [-0.2, -0.15) is 0 Å². The molecule has 2 unspecified atom stereocenters. The van der Waals surface area contributed by atoms with Crippen molar-refractivity contribution < 1.29 is 29.3 Å². The number of phenolic OH excluding ortho intramolecular Hbond substituents is 1. The number of nitrogens with zero attached hydrogens (tertiary/aromatic N) is 1. The molecule has 0 saturated carbocycles. The fourth-order valence-corrected chi connectivity index (χ4v) is 3.83. The Hall–Kier alpha value is -3.59. The van der Waals surface area contributed by atoms with Crippen molar-refractivity contribution in [2.24, 2.45) is 0 Å². The molecule has 2 aromatic carbocycles. The van der Waals surface area contributed by atoms with Gasteiger partial charge in [0.2, 0.25) is 5.91 Å². The third kappa shape index (κ3) is 7.21. The minimum atomic E-state index is -1.29. The van der Waals surface area contributed by atoms with Crippen molar-refractivity contribution in [2.75, 3.05) is 18.5 Å². The number of hydrogen-bond donors (Lipinski definition) is 4. The van der Waals surface area contributed by atoms with Gasteiger partial charge in [-0.25, -0.2) is 4.79 Å². The van der Waals surface area contributed by atoms with Crippen LogP contribution in [0.5, 0.6) is 5.75 Å². The van der Waals surface area contributed by atoms with Gasteiger partial charge in [-0.3, -0.25) is 9.59 Å². The Balaban J connectivity index is 2.50. The van der Waals surface area contributed by atoms with Crippen LogP contribution in [0, 0.1) is 20.8 Å². The van der Waals surface area contributed by atoms with E-state index in [1.807, 2.05) is 32.0 Å². The number of hydrogen-bond acceptors (Lipinski definition) is 6. The van der Waals surface area contributed by atoms with Crippen LogP contribution in [0.15, 0.2) is 36.4 Å². The third-order valence-electron chi connectivity index (χ3n) is 5.58. The van der Waals surface area contributed by atoms with E-state index < -0.39 is 42.2 Å². The van der Waals surface area contributed by atoms with Crippen LogP contribution in [0.4, 0.5) is 10.5 Å². The van der Waals surface area contributed by atoms with Crippen molar-refractivity contribution in [3.8, 4) is 5.75 Å². The second-order valence-corrected chi connectivity index (χ2v) is 9.79. The first-order valence-corrected chi connectivity index (χ1v) is 11.8. The molecule has 4 N–H and O–H groups in total. The summed E-state index contributed by atoms with van der Waals surface area (Å²) in [6.07, 6.45) is -0.790. The van der Waals surface area contributed by atoms with Crippen molar-refractivity contribution in [1.29, 1.82) is 0 Å². The van der Waals surface area contributed by atoms with E-state index in [9.17, 15) is 24.6 Å². The highest BCUT2D eigenvalue weighted by Gasteiger charge is 2.36. The molecule has 9 nitrogen and oxygen atoms in total. The molecule has 2 aromatic rings. The van der Waals surface area contributed by atoms with Gasteiger partial charge in [0.05, 0.1) is 6.61 Å². The molecule has 9 heteroatoms. The number of carbonyl (C=O) groups excluding carboxylic acids is 3. The van der Waals surface area contributed by atoms with E-state index in [1.165, 1.54) is 6.92 Å². The number of amides is 3. The maximum Gasteiger partial charge on any atom is 0.408 e. The molecule has 36 heavy (non-hydrogen) atoms. The second kappa shape index (κ2) is 11.9. The van der Waals surface area contributed by atoms with Crippen LogP contribution in [0.25, 0.3) is 0 Å². The number of ether oxygens (including phenoxy) is 1. The summed E-state index contributed by atoms with van der Waals surface area (Å²) in [6.45, 7) is 11.3. The van der Waals surface area contributed by atoms with Gasteiger partial charge in [0, 0.05) is 17.8 Å². The molecular weight excluding hydrogens is 462 g/mol. The normalized spacial score (nSPS) is 12.9. The summed E-state index contributed by atoms with van der Waals surface area (Å²) in [4.78, 5) is 40.7. The van der Waals surface area contributed by atoms with Gasteiger partial charge in [-0.05, 0) is 65.2 Å². The van der Waals surface area contributed by atoms with Gasteiger partial charge >= 0.3 is 6.09 Å². The molecule has 0 aliphatic rings. The summed E-state index contributed by atoms with van der Waals surface area (Å²) in [7, 11) is 0. The number of aromatic hydroxyl groups is 1. The van der Waals surface area contributed by atoms with E-state index in [2.05, 4.69) is 10.6 Å². The minimum Gasteiger partial charge on any atom is -0.507 e. The van der Waals surface area contributed by atoms with Crippen LogP contribution in [-0.4, -0.2) is 57.8 Å². The third-order valence-corrected chi connectivity index (χ3v) is 5.58. The minimum absolute atomic E-state index is 0.136. The maximum absolute atomic E-state index is 13.7. The smallest absolute Gasteiger partial charge is 0.408 e. The van der Waals surface area contributed by atoms with Crippen molar-refractivity contribution in [2.45, 2.75) is 66.2 Å². The highest BCUT2D eigenvalue weighted by Crippen LogP contribution is 2.33. The Kier molecular flexibility index (Phi) is 9.47. The second-order valence-electron chi connectivity index (χ2n) is 9.79. The van der Waals surface area contributed by atoms with E-state index in [0.29, 0.717) is 11.3 Å². The molecule has 0 heterocycles. The largest absolute Gasteiger partial charge is 0.507 e. The molecule has 0 radical (unpaired) electrons. The molecule has 196 valence electrons. The van der Waals surface area contributed by atoms with Gasteiger partial charge in [-0.15, -0.1) is 0 Å². The Morgan fingerprint density at radius 1 is 1.00 bits per heavy atom. The SMILES string of the molecule is Cc1cccc(C(C(=O)Nc2c(C)cccc2C)N(CCO)C(=O)C(C)NC(=O)OC(C)(C)C)c1O. The van der Waals surface area contributed by atoms with Crippen LogP contribution in [0.3, 0.4) is 0 Å². The van der Waals surface area contributed by atoms with Gasteiger partial charge in [-0.1, -0.05) is 36.4 Å². The molecule has 2 rings (SSSR count). The number of aliphatic hydroxyl groups is 1. The molecule has 2 atom stereocenters. The first kappa shape index (κ1) is 28.6. The van der Waals surface area contributed by atoms with Crippen molar-refractivity contribution >= 4 is 23.6 Å². The van der Waals surface area contributed by atoms with E-state index in [0.717, 1.165) is 16.0 Å². The van der Waals surface area contributed by atoms with Crippen molar-refractivity contribution in [3.05, 3.63) is 58.7 Å². The van der Waals surface area contributed by atoms with Crippen molar-refractivity contribution in [3.63, 3.8) is 0 Å². The number of alkyl carbamates (subject to hydrolysis) is 1. The Morgan fingerprint density at radius 3 is 2.11 bits per heavy atom. The molecule has 0 aliphatic heterocycles. The van der Waals surface area contributed by atoms with Crippen LogP contribution in [-0.2, 0) is 14.3 Å². The van der Waals surface area contributed by atoms with E-state index >= 15 is 0 Å².